The van der Waals surface area contributed by atoms with Crippen LogP contribution in [0.2, 0.25) is 5.02 Å². The summed E-state index contributed by atoms with van der Waals surface area (Å²) in [5.74, 6) is 0.693. The van der Waals surface area contributed by atoms with Crippen LogP contribution in [-0.2, 0) is 0 Å². The van der Waals surface area contributed by atoms with Crippen LogP contribution in [0, 0.1) is 0 Å². The van der Waals surface area contributed by atoms with Crippen molar-refractivity contribution in [1.82, 2.24) is 0 Å². The average molecular weight is 242 g/mol. The Morgan fingerprint density at radius 2 is 2.25 bits per heavy atom. The van der Waals surface area contributed by atoms with Crippen molar-refractivity contribution in [1.29, 1.82) is 0 Å². The van der Waals surface area contributed by atoms with Gasteiger partial charge in [0.2, 0.25) is 0 Å². The fourth-order valence-electron chi connectivity index (χ4n) is 1.35. The van der Waals surface area contributed by atoms with E-state index in [4.69, 9.17) is 21.5 Å². The number of hydrogen-bond donors (Lipinski definition) is 1. The molecule has 0 unspecified atom stereocenters. The van der Waals surface area contributed by atoms with Gasteiger partial charge in [-0.25, -0.2) is 0 Å². The highest BCUT2D eigenvalue weighted by molar-refractivity contribution is 6.30. The van der Waals surface area contributed by atoms with E-state index in [0.29, 0.717) is 22.9 Å². The Bertz CT molecular complexity index is 353. The number of unbranched alkanes of at least 4 members (excludes halogenated alkanes) is 2. The molecule has 4 heteroatoms. The van der Waals surface area contributed by atoms with E-state index in [1.807, 2.05) is 0 Å². The molecule has 0 atom stereocenters. The minimum atomic E-state index is 0.593. The Kier molecular flexibility index (Phi) is 5.72. The quantitative estimate of drug-likeness (QED) is 0.357. The summed E-state index contributed by atoms with van der Waals surface area (Å²) in [6.45, 7) is 2.81. The third-order valence-electron chi connectivity index (χ3n) is 2.17. The molecule has 0 amide bonds. The van der Waals surface area contributed by atoms with Crippen LogP contribution in [0.25, 0.3) is 0 Å². The Hall–Kier alpha value is -1.22. The number of ether oxygens (including phenoxy) is 1. The number of benzene rings is 1. The van der Waals surface area contributed by atoms with Crippen molar-refractivity contribution in [2.45, 2.75) is 26.2 Å². The molecule has 0 saturated carbocycles. The number of oxime groups is 1. The van der Waals surface area contributed by atoms with E-state index in [1.54, 1.807) is 18.2 Å². The van der Waals surface area contributed by atoms with Crippen LogP contribution >= 0.6 is 11.6 Å². The smallest absolute Gasteiger partial charge is 0.128 e. The van der Waals surface area contributed by atoms with E-state index in [9.17, 15) is 0 Å². The summed E-state index contributed by atoms with van der Waals surface area (Å²) >= 11 is 5.84. The molecule has 0 aliphatic rings. The Labute approximate surface area is 101 Å². The van der Waals surface area contributed by atoms with Gasteiger partial charge in [0.1, 0.15) is 5.75 Å². The number of nitrogens with zero attached hydrogens (tertiary/aromatic N) is 1. The van der Waals surface area contributed by atoms with Gasteiger partial charge in [0, 0.05) is 10.6 Å². The molecule has 0 saturated heterocycles. The lowest BCUT2D eigenvalue weighted by molar-refractivity contribution is 0.304. The largest absolute Gasteiger partial charge is 0.493 e. The Morgan fingerprint density at radius 3 is 2.94 bits per heavy atom. The highest BCUT2D eigenvalue weighted by Gasteiger charge is 2.02. The molecular weight excluding hydrogens is 226 g/mol. The van der Waals surface area contributed by atoms with Crippen molar-refractivity contribution in [3.8, 4) is 5.75 Å². The van der Waals surface area contributed by atoms with Crippen LogP contribution in [-0.4, -0.2) is 18.0 Å². The Morgan fingerprint density at radius 1 is 1.44 bits per heavy atom. The molecule has 0 spiro atoms. The molecule has 0 aromatic heterocycles. The van der Waals surface area contributed by atoms with Crippen molar-refractivity contribution in [2.75, 3.05) is 6.61 Å². The van der Waals surface area contributed by atoms with Crippen LogP contribution in [0.1, 0.15) is 31.7 Å². The Balaban J connectivity index is 2.63. The van der Waals surface area contributed by atoms with E-state index in [2.05, 4.69) is 12.1 Å². The van der Waals surface area contributed by atoms with Gasteiger partial charge in [0.25, 0.3) is 0 Å². The maximum Gasteiger partial charge on any atom is 0.128 e. The summed E-state index contributed by atoms with van der Waals surface area (Å²) in [7, 11) is 0. The van der Waals surface area contributed by atoms with E-state index in [1.165, 1.54) is 6.21 Å². The maximum atomic E-state index is 8.52. The molecule has 1 rings (SSSR count). The molecule has 0 aliphatic carbocycles. The van der Waals surface area contributed by atoms with E-state index in [-0.39, 0.29) is 0 Å². The summed E-state index contributed by atoms with van der Waals surface area (Å²) in [5, 5.41) is 12.1. The molecule has 0 fully saturated rings. The summed E-state index contributed by atoms with van der Waals surface area (Å²) in [6.07, 6.45) is 4.65. The first-order valence-electron chi connectivity index (χ1n) is 5.37. The van der Waals surface area contributed by atoms with Crippen molar-refractivity contribution in [3.05, 3.63) is 28.8 Å². The fraction of sp³-hybridized carbons (Fsp3) is 0.417. The zero-order valence-electron chi connectivity index (χ0n) is 9.32. The molecule has 1 aromatic rings. The maximum absolute atomic E-state index is 8.52. The second kappa shape index (κ2) is 7.12. The highest BCUT2D eigenvalue weighted by Crippen LogP contribution is 2.21. The lowest BCUT2D eigenvalue weighted by atomic mass is 10.2. The summed E-state index contributed by atoms with van der Waals surface area (Å²) in [5.41, 5.74) is 0.687. The van der Waals surface area contributed by atoms with Gasteiger partial charge in [-0.3, -0.25) is 0 Å². The predicted octanol–water partition coefficient (Wildman–Crippen LogP) is 3.72. The van der Waals surface area contributed by atoms with Gasteiger partial charge in [-0.05, 0) is 24.6 Å². The van der Waals surface area contributed by atoms with Gasteiger partial charge >= 0.3 is 0 Å². The van der Waals surface area contributed by atoms with Crippen molar-refractivity contribution < 1.29 is 9.94 Å². The van der Waals surface area contributed by atoms with Crippen molar-refractivity contribution in [2.24, 2.45) is 5.16 Å². The summed E-state index contributed by atoms with van der Waals surface area (Å²) in [6, 6.07) is 5.24. The standard InChI is InChI=1S/C12H16ClNO2/c1-2-3-4-7-16-12-6-5-11(13)8-10(12)9-14-15/h5-6,8-9,15H,2-4,7H2,1H3. The zero-order valence-corrected chi connectivity index (χ0v) is 10.1. The minimum Gasteiger partial charge on any atom is -0.493 e. The van der Waals surface area contributed by atoms with Crippen LogP contribution in [0.3, 0.4) is 0 Å². The molecule has 3 nitrogen and oxygen atoms in total. The molecule has 0 aliphatic heterocycles. The zero-order chi connectivity index (χ0) is 11.8. The number of rotatable bonds is 6. The minimum absolute atomic E-state index is 0.593. The highest BCUT2D eigenvalue weighted by atomic mass is 35.5. The van der Waals surface area contributed by atoms with Gasteiger partial charge in [-0.1, -0.05) is 36.5 Å². The van der Waals surface area contributed by atoms with Gasteiger partial charge in [-0.2, -0.15) is 0 Å². The van der Waals surface area contributed by atoms with E-state index < -0.39 is 0 Å². The first-order chi connectivity index (χ1) is 7.77. The monoisotopic (exact) mass is 241 g/mol. The van der Waals surface area contributed by atoms with Gasteiger partial charge in [0.15, 0.2) is 0 Å². The molecule has 0 heterocycles. The van der Waals surface area contributed by atoms with Gasteiger partial charge in [0.05, 0.1) is 12.8 Å². The molecule has 1 N–H and O–H groups in total. The number of halogens is 1. The SMILES string of the molecule is CCCCCOc1ccc(Cl)cc1C=NO. The average Bonchev–Trinajstić information content (AvgIpc) is 2.27. The third-order valence-corrected chi connectivity index (χ3v) is 2.41. The fourth-order valence-corrected chi connectivity index (χ4v) is 1.53. The van der Waals surface area contributed by atoms with Gasteiger partial charge in [-0.15, -0.1) is 0 Å². The molecule has 0 radical (unpaired) electrons. The third kappa shape index (κ3) is 4.11. The molecule has 0 bridgehead atoms. The molecule has 88 valence electrons. The predicted molar refractivity (Wildman–Crippen MR) is 65.9 cm³/mol. The lowest BCUT2D eigenvalue weighted by Gasteiger charge is -2.08. The van der Waals surface area contributed by atoms with E-state index in [0.717, 1.165) is 19.3 Å². The molecule has 16 heavy (non-hydrogen) atoms. The molecule has 1 aromatic carbocycles. The summed E-state index contributed by atoms with van der Waals surface area (Å²) in [4.78, 5) is 0. The molecular formula is C12H16ClNO2. The van der Waals surface area contributed by atoms with Crippen LogP contribution in [0.5, 0.6) is 5.75 Å². The van der Waals surface area contributed by atoms with Crippen LogP contribution in [0.4, 0.5) is 0 Å². The van der Waals surface area contributed by atoms with E-state index >= 15 is 0 Å². The van der Waals surface area contributed by atoms with Crippen LogP contribution in [0.15, 0.2) is 23.4 Å². The van der Waals surface area contributed by atoms with Crippen LogP contribution < -0.4 is 4.74 Å². The lowest BCUT2D eigenvalue weighted by Crippen LogP contribution is -2.00. The summed E-state index contributed by atoms with van der Waals surface area (Å²) < 4.78 is 5.59. The second-order valence-corrected chi connectivity index (χ2v) is 3.92. The van der Waals surface area contributed by atoms with Crippen molar-refractivity contribution in [3.63, 3.8) is 0 Å². The van der Waals surface area contributed by atoms with Crippen molar-refractivity contribution >= 4 is 17.8 Å². The normalized spacial score (nSPS) is 10.9. The number of hydrogen-bond acceptors (Lipinski definition) is 3. The first-order valence-corrected chi connectivity index (χ1v) is 5.75. The topological polar surface area (TPSA) is 41.8 Å². The second-order valence-electron chi connectivity index (χ2n) is 3.48. The first kappa shape index (κ1) is 12.8. The van der Waals surface area contributed by atoms with Gasteiger partial charge < -0.3 is 9.94 Å².